The predicted octanol–water partition coefficient (Wildman–Crippen LogP) is 3.31. The first-order chi connectivity index (χ1) is 13.0. The number of anilines is 1. The average molecular weight is 364 g/mol. The molecule has 0 spiro atoms. The molecule has 1 aromatic heterocycles. The summed E-state index contributed by atoms with van der Waals surface area (Å²) >= 11 is 0. The number of hydrogen-bond acceptors (Lipinski definition) is 5. The summed E-state index contributed by atoms with van der Waals surface area (Å²) in [4.78, 5) is 38.1. The van der Waals surface area contributed by atoms with Gasteiger partial charge in [0.15, 0.2) is 17.1 Å². The van der Waals surface area contributed by atoms with Crippen LogP contribution in [0.25, 0.3) is 11.0 Å². The molecule has 1 N–H and O–H groups in total. The van der Waals surface area contributed by atoms with Gasteiger partial charge in [-0.25, -0.2) is 0 Å². The standard InChI is InChI=1S/C20H16N2O5/c1-3-26-14-9-4-6-11-10-15(27-17(11)14)18(23)21-13-8-5-7-12-16(13)20(25)22(2)19(12)24/h4-10H,3H2,1-2H3,(H,21,23). The van der Waals surface area contributed by atoms with Crippen molar-refractivity contribution in [2.45, 2.75) is 6.92 Å². The number of carbonyl (C=O) groups excluding carboxylic acids is 3. The van der Waals surface area contributed by atoms with Crippen molar-refractivity contribution in [3.05, 3.63) is 59.4 Å². The Morgan fingerprint density at radius 1 is 1.15 bits per heavy atom. The van der Waals surface area contributed by atoms with Gasteiger partial charge >= 0.3 is 0 Å². The summed E-state index contributed by atoms with van der Waals surface area (Å²) in [5.74, 6) is -0.723. The van der Waals surface area contributed by atoms with Gasteiger partial charge in [-0.2, -0.15) is 0 Å². The number of carbonyl (C=O) groups is 3. The van der Waals surface area contributed by atoms with Crippen LogP contribution in [0.15, 0.2) is 46.9 Å². The fraction of sp³-hybridized carbons (Fsp3) is 0.150. The molecular formula is C20H16N2O5. The molecule has 0 unspecified atom stereocenters. The summed E-state index contributed by atoms with van der Waals surface area (Å²) in [6, 6.07) is 11.8. The van der Waals surface area contributed by atoms with E-state index in [1.54, 1.807) is 30.3 Å². The van der Waals surface area contributed by atoms with Gasteiger partial charge in [0, 0.05) is 12.4 Å². The van der Waals surface area contributed by atoms with Crippen LogP contribution in [-0.2, 0) is 0 Å². The Bertz CT molecular complexity index is 1100. The minimum Gasteiger partial charge on any atom is -0.490 e. The second kappa shape index (κ2) is 6.28. The summed E-state index contributed by atoms with van der Waals surface area (Å²) < 4.78 is 11.2. The summed E-state index contributed by atoms with van der Waals surface area (Å²) in [6.45, 7) is 2.34. The third-order valence-corrected chi connectivity index (χ3v) is 4.40. The summed E-state index contributed by atoms with van der Waals surface area (Å²) in [5, 5.41) is 3.40. The van der Waals surface area contributed by atoms with Gasteiger partial charge < -0.3 is 14.5 Å². The molecule has 0 bridgehead atoms. The van der Waals surface area contributed by atoms with Crippen molar-refractivity contribution in [3.63, 3.8) is 0 Å². The highest BCUT2D eigenvalue weighted by Crippen LogP contribution is 2.31. The van der Waals surface area contributed by atoms with Crippen molar-refractivity contribution in [1.82, 2.24) is 4.90 Å². The molecule has 3 amide bonds. The third-order valence-electron chi connectivity index (χ3n) is 4.40. The van der Waals surface area contributed by atoms with E-state index in [-0.39, 0.29) is 22.6 Å². The number of furan rings is 1. The van der Waals surface area contributed by atoms with Crippen LogP contribution in [0, 0.1) is 0 Å². The van der Waals surface area contributed by atoms with Crippen molar-refractivity contribution >= 4 is 34.4 Å². The lowest BCUT2D eigenvalue weighted by molar-refractivity contribution is 0.0693. The SMILES string of the molecule is CCOc1cccc2cc(C(=O)Nc3cccc4c3C(=O)N(C)C4=O)oc12. The van der Waals surface area contributed by atoms with Gasteiger partial charge in [-0.3, -0.25) is 19.3 Å². The Balaban J connectivity index is 1.69. The van der Waals surface area contributed by atoms with E-state index in [1.807, 2.05) is 19.1 Å². The second-order valence-electron chi connectivity index (χ2n) is 6.07. The maximum absolute atomic E-state index is 12.7. The van der Waals surface area contributed by atoms with Crippen molar-refractivity contribution < 1.29 is 23.5 Å². The lowest BCUT2D eigenvalue weighted by Gasteiger charge is -2.07. The number of rotatable bonds is 4. The molecule has 0 radical (unpaired) electrons. The molecule has 3 aromatic rings. The topological polar surface area (TPSA) is 88.9 Å². The summed E-state index contributed by atoms with van der Waals surface area (Å²) in [5.41, 5.74) is 1.20. The van der Waals surface area contributed by atoms with E-state index in [0.717, 1.165) is 10.3 Å². The molecule has 7 heteroatoms. The molecule has 27 heavy (non-hydrogen) atoms. The highest BCUT2D eigenvalue weighted by molar-refractivity contribution is 6.24. The monoisotopic (exact) mass is 364 g/mol. The van der Waals surface area contributed by atoms with Crippen LogP contribution < -0.4 is 10.1 Å². The Morgan fingerprint density at radius 3 is 2.70 bits per heavy atom. The minimum absolute atomic E-state index is 0.0832. The summed E-state index contributed by atoms with van der Waals surface area (Å²) in [6.07, 6.45) is 0. The van der Waals surface area contributed by atoms with Crippen LogP contribution in [0.3, 0.4) is 0 Å². The van der Waals surface area contributed by atoms with Gasteiger partial charge in [-0.1, -0.05) is 18.2 Å². The number of ether oxygens (including phenoxy) is 1. The van der Waals surface area contributed by atoms with Gasteiger partial charge in [-0.05, 0) is 31.2 Å². The Hall–Kier alpha value is -3.61. The first-order valence-electron chi connectivity index (χ1n) is 8.43. The van der Waals surface area contributed by atoms with Crippen molar-refractivity contribution in [2.24, 2.45) is 0 Å². The predicted molar refractivity (Wildman–Crippen MR) is 98.2 cm³/mol. The van der Waals surface area contributed by atoms with Gasteiger partial charge in [0.25, 0.3) is 17.7 Å². The number of nitrogens with one attached hydrogen (secondary N) is 1. The van der Waals surface area contributed by atoms with Crippen molar-refractivity contribution in [1.29, 1.82) is 0 Å². The van der Waals surface area contributed by atoms with Gasteiger partial charge in [0.2, 0.25) is 0 Å². The van der Waals surface area contributed by atoms with Crippen molar-refractivity contribution in [2.75, 3.05) is 19.0 Å². The number of amides is 3. The molecule has 2 aromatic carbocycles. The van der Waals surface area contributed by atoms with Gasteiger partial charge in [0.05, 0.1) is 23.4 Å². The number of hydrogen-bond donors (Lipinski definition) is 1. The van der Waals surface area contributed by atoms with E-state index < -0.39 is 17.7 Å². The van der Waals surface area contributed by atoms with Crippen molar-refractivity contribution in [3.8, 4) is 5.75 Å². The second-order valence-corrected chi connectivity index (χ2v) is 6.07. The molecule has 0 saturated heterocycles. The van der Waals surface area contributed by atoms with Crippen LogP contribution in [0.1, 0.15) is 38.2 Å². The van der Waals surface area contributed by atoms with Gasteiger partial charge in [0.1, 0.15) is 0 Å². The van der Waals surface area contributed by atoms with E-state index in [0.29, 0.717) is 17.9 Å². The first kappa shape index (κ1) is 16.8. The van der Waals surface area contributed by atoms with Crippen LogP contribution >= 0.6 is 0 Å². The van der Waals surface area contributed by atoms with E-state index in [1.165, 1.54) is 7.05 Å². The van der Waals surface area contributed by atoms with Crippen LogP contribution in [0.4, 0.5) is 5.69 Å². The highest BCUT2D eigenvalue weighted by Gasteiger charge is 2.35. The van der Waals surface area contributed by atoms with Crippen LogP contribution in [0.5, 0.6) is 5.75 Å². The zero-order chi connectivity index (χ0) is 19.1. The van der Waals surface area contributed by atoms with E-state index in [4.69, 9.17) is 9.15 Å². The Kier molecular flexibility index (Phi) is 3.92. The highest BCUT2D eigenvalue weighted by atomic mass is 16.5. The molecule has 7 nitrogen and oxygen atoms in total. The molecule has 0 fully saturated rings. The van der Waals surface area contributed by atoms with E-state index in [9.17, 15) is 14.4 Å². The fourth-order valence-corrected chi connectivity index (χ4v) is 3.11. The van der Waals surface area contributed by atoms with E-state index >= 15 is 0 Å². The van der Waals surface area contributed by atoms with Crippen LogP contribution in [0.2, 0.25) is 0 Å². The summed E-state index contributed by atoms with van der Waals surface area (Å²) in [7, 11) is 1.41. The number of benzene rings is 2. The lowest BCUT2D eigenvalue weighted by Crippen LogP contribution is -2.24. The third kappa shape index (κ3) is 2.64. The molecule has 0 atom stereocenters. The van der Waals surface area contributed by atoms with Gasteiger partial charge in [-0.15, -0.1) is 0 Å². The molecule has 0 saturated carbocycles. The normalized spacial score (nSPS) is 13.2. The quantitative estimate of drug-likeness (QED) is 0.718. The first-order valence-corrected chi connectivity index (χ1v) is 8.43. The lowest BCUT2D eigenvalue weighted by atomic mass is 10.1. The molecule has 136 valence electrons. The van der Waals surface area contributed by atoms with Crippen LogP contribution in [-0.4, -0.2) is 36.3 Å². The Morgan fingerprint density at radius 2 is 1.93 bits per heavy atom. The molecule has 0 aliphatic carbocycles. The number of fused-ring (bicyclic) bond motifs is 2. The number of nitrogens with zero attached hydrogens (tertiary/aromatic N) is 1. The molecule has 2 heterocycles. The maximum Gasteiger partial charge on any atom is 0.291 e. The van der Waals surface area contributed by atoms with E-state index in [2.05, 4.69) is 5.32 Å². The zero-order valence-corrected chi connectivity index (χ0v) is 14.7. The Labute approximate surface area is 154 Å². The molecule has 1 aliphatic rings. The number of para-hydroxylation sites is 1. The maximum atomic E-state index is 12.7. The molecule has 1 aliphatic heterocycles. The fourth-order valence-electron chi connectivity index (χ4n) is 3.11. The zero-order valence-electron chi connectivity index (χ0n) is 14.7. The smallest absolute Gasteiger partial charge is 0.291 e. The minimum atomic E-state index is -0.517. The average Bonchev–Trinajstić information content (AvgIpc) is 3.20. The number of imide groups is 1. The largest absolute Gasteiger partial charge is 0.490 e. The molecular weight excluding hydrogens is 348 g/mol. The molecule has 4 rings (SSSR count).